The Morgan fingerprint density at radius 1 is 1.32 bits per heavy atom. The number of rotatable bonds is 7. The lowest BCUT2D eigenvalue weighted by Crippen LogP contribution is -2.26. The van der Waals surface area contributed by atoms with E-state index >= 15 is 0 Å². The Morgan fingerprint density at radius 3 is 2.53 bits per heavy atom. The molecule has 0 spiro atoms. The van der Waals surface area contributed by atoms with Gasteiger partial charge in [-0.1, -0.05) is 26.0 Å². The number of hydrogen-bond donors (Lipinski definition) is 1. The van der Waals surface area contributed by atoms with Gasteiger partial charge in [0.1, 0.15) is 15.7 Å². The van der Waals surface area contributed by atoms with Crippen molar-refractivity contribution in [3.8, 4) is 0 Å². The van der Waals surface area contributed by atoms with Gasteiger partial charge in [0.2, 0.25) is 0 Å². The Morgan fingerprint density at radius 2 is 2.00 bits per heavy atom. The molecule has 1 aromatic carbocycles. The largest absolute Gasteiger partial charge is 0.385 e. The standard InChI is InChI=1S/C14H21FO3S/c1-3-14(16,9-6-10-19(17,18)4-2)12-7-5-8-13(15)11-12/h5,7-8,11,16H,3-4,6,9-10H2,1-2H3. The van der Waals surface area contributed by atoms with Gasteiger partial charge in [-0.25, -0.2) is 12.8 Å². The van der Waals surface area contributed by atoms with E-state index in [4.69, 9.17) is 0 Å². The van der Waals surface area contributed by atoms with E-state index in [-0.39, 0.29) is 11.5 Å². The van der Waals surface area contributed by atoms with E-state index in [9.17, 15) is 17.9 Å². The third-order valence-electron chi connectivity index (χ3n) is 3.43. The zero-order chi connectivity index (χ0) is 14.5. The minimum Gasteiger partial charge on any atom is -0.385 e. The van der Waals surface area contributed by atoms with Gasteiger partial charge in [0.05, 0.1) is 11.4 Å². The molecule has 0 saturated heterocycles. The highest BCUT2D eigenvalue weighted by Gasteiger charge is 2.27. The van der Waals surface area contributed by atoms with Gasteiger partial charge >= 0.3 is 0 Å². The van der Waals surface area contributed by atoms with Gasteiger partial charge in [-0.05, 0) is 37.0 Å². The molecule has 1 atom stereocenters. The Hall–Kier alpha value is -0.940. The van der Waals surface area contributed by atoms with E-state index < -0.39 is 21.3 Å². The zero-order valence-corrected chi connectivity index (χ0v) is 12.2. The quantitative estimate of drug-likeness (QED) is 0.839. The summed E-state index contributed by atoms with van der Waals surface area (Å²) < 4.78 is 36.0. The van der Waals surface area contributed by atoms with Crippen molar-refractivity contribution in [2.75, 3.05) is 11.5 Å². The molecule has 1 aromatic rings. The van der Waals surface area contributed by atoms with Crippen molar-refractivity contribution in [1.29, 1.82) is 0 Å². The van der Waals surface area contributed by atoms with Gasteiger partial charge in [0, 0.05) is 5.75 Å². The first-order valence-electron chi connectivity index (χ1n) is 6.52. The van der Waals surface area contributed by atoms with Gasteiger partial charge < -0.3 is 5.11 Å². The highest BCUT2D eigenvalue weighted by atomic mass is 32.2. The Kier molecular flexibility index (Phi) is 5.50. The zero-order valence-electron chi connectivity index (χ0n) is 11.4. The second kappa shape index (κ2) is 6.48. The van der Waals surface area contributed by atoms with Crippen LogP contribution < -0.4 is 0 Å². The third-order valence-corrected chi connectivity index (χ3v) is 5.22. The van der Waals surface area contributed by atoms with Crippen molar-refractivity contribution in [1.82, 2.24) is 0 Å². The topological polar surface area (TPSA) is 54.4 Å². The predicted molar refractivity (Wildman–Crippen MR) is 74.1 cm³/mol. The van der Waals surface area contributed by atoms with Gasteiger partial charge in [-0.2, -0.15) is 0 Å². The van der Waals surface area contributed by atoms with Crippen molar-refractivity contribution in [2.24, 2.45) is 0 Å². The highest BCUT2D eigenvalue weighted by Crippen LogP contribution is 2.30. The van der Waals surface area contributed by atoms with E-state index in [0.29, 0.717) is 24.8 Å². The average Bonchev–Trinajstić information content (AvgIpc) is 2.38. The third kappa shape index (κ3) is 4.58. The molecule has 1 rings (SSSR count). The SMILES string of the molecule is CCC(O)(CCCS(=O)(=O)CC)c1cccc(F)c1. The number of benzene rings is 1. The van der Waals surface area contributed by atoms with Crippen molar-refractivity contribution in [3.63, 3.8) is 0 Å². The lowest BCUT2D eigenvalue weighted by molar-refractivity contribution is 0.0225. The second-order valence-corrected chi connectivity index (χ2v) is 7.21. The summed E-state index contributed by atoms with van der Waals surface area (Å²) in [7, 11) is -3.03. The molecule has 108 valence electrons. The molecule has 0 aromatic heterocycles. The molecular weight excluding hydrogens is 267 g/mol. The molecular formula is C14H21FO3S. The van der Waals surface area contributed by atoms with Crippen LogP contribution in [-0.2, 0) is 15.4 Å². The van der Waals surface area contributed by atoms with Crippen LogP contribution in [-0.4, -0.2) is 25.0 Å². The first-order chi connectivity index (χ1) is 8.83. The monoisotopic (exact) mass is 288 g/mol. The lowest BCUT2D eigenvalue weighted by atomic mass is 9.87. The molecule has 0 aliphatic rings. The lowest BCUT2D eigenvalue weighted by Gasteiger charge is -2.27. The van der Waals surface area contributed by atoms with Crippen LogP contribution in [0.1, 0.15) is 38.7 Å². The van der Waals surface area contributed by atoms with E-state index in [0.717, 1.165) is 0 Å². The number of hydrogen-bond acceptors (Lipinski definition) is 3. The van der Waals surface area contributed by atoms with E-state index in [1.54, 1.807) is 26.0 Å². The Balaban J connectivity index is 2.76. The van der Waals surface area contributed by atoms with E-state index in [1.807, 2.05) is 0 Å². The fourth-order valence-electron chi connectivity index (χ4n) is 2.03. The molecule has 0 bridgehead atoms. The number of aliphatic hydroxyl groups is 1. The maximum Gasteiger partial charge on any atom is 0.150 e. The molecule has 0 aliphatic carbocycles. The minimum absolute atomic E-state index is 0.0567. The molecule has 5 heteroatoms. The fraction of sp³-hybridized carbons (Fsp3) is 0.571. The Labute approximate surface area is 114 Å². The maximum absolute atomic E-state index is 13.2. The molecule has 0 radical (unpaired) electrons. The summed E-state index contributed by atoms with van der Waals surface area (Å²) in [5, 5.41) is 10.5. The summed E-state index contributed by atoms with van der Waals surface area (Å²) in [5.74, 6) is -0.232. The van der Waals surface area contributed by atoms with Crippen molar-refractivity contribution in [3.05, 3.63) is 35.6 Å². The molecule has 0 heterocycles. The average molecular weight is 288 g/mol. The van der Waals surface area contributed by atoms with Crippen molar-refractivity contribution >= 4 is 9.84 Å². The predicted octanol–water partition coefficient (Wildman–Crippen LogP) is 2.64. The Bertz CT molecular complexity index is 513. The van der Waals surface area contributed by atoms with Gasteiger partial charge in [-0.15, -0.1) is 0 Å². The van der Waals surface area contributed by atoms with Crippen LogP contribution in [0.4, 0.5) is 4.39 Å². The van der Waals surface area contributed by atoms with Crippen LogP contribution in [0.3, 0.4) is 0 Å². The van der Waals surface area contributed by atoms with Crippen LogP contribution in [0, 0.1) is 5.82 Å². The van der Waals surface area contributed by atoms with Crippen LogP contribution in [0.2, 0.25) is 0 Å². The molecule has 3 nitrogen and oxygen atoms in total. The van der Waals surface area contributed by atoms with E-state index in [2.05, 4.69) is 0 Å². The smallest absolute Gasteiger partial charge is 0.150 e. The first kappa shape index (κ1) is 16.1. The van der Waals surface area contributed by atoms with Crippen LogP contribution in [0.5, 0.6) is 0 Å². The van der Waals surface area contributed by atoms with Crippen LogP contribution in [0.15, 0.2) is 24.3 Å². The fourth-order valence-corrected chi connectivity index (χ4v) is 2.90. The van der Waals surface area contributed by atoms with Crippen LogP contribution >= 0.6 is 0 Å². The van der Waals surface area contributed by atoms with Crippen molar-refractivity contribution < 1.29 is 17.9 Å². The van der Waals surface area contributed by atoms with Crippen LogP contribution in [0.25, 0.3) is 0 Å². The summed E-state index contributed by atoms with van der Waals surface area (Å²) in [4.78, 5) is 0. The normalized spacial score (nSPS) is 15.2. The number of halogens is 1. The number of sulfone groups is 1. The summed E-state index contributed by atoms with van der Waals surface area (Å²) in [6, 6.07) is 5.84. The molecule has 19 heavy (non-hydrogen) atoms. The maximum atomic E-state index is 13.2. The van der Waals surface area contributed by atoms with Gasteiger partial charge in [0.15, 0.2) is 0 Å². The molecule has 1 N–H and O–H groups in total. The summed E-state index contributed by atoms with van der Waals surface area (Å²) in [6.07, 6.45) is 1.10. The van der Waals surface area contributed by atoms with E-state index in [1.165, 1.54) is 12.1 Å². The van der Waals surface area contributed by atoms with Crippen molar-refractivity contribution in [2.45, 2.75) is 38.7 Å². The molecule has 0 fully saturated rings. The summed E-state index contributed by atoms with van der Waals surface area (Å²) in [6.45, 7) is 3.41. The highest BCUT2D eigenvalue weighted by molar-refractivity contribution is 7.91. The molecule has 1 unspecified atom stereocenters. The second-order valence-electron chi connectivity index (χ2n) is 4.74. The summed E-state index contributed by atoms with van der Waals surface area (Å²) >= 11 is 0. The van der Waals surface area contributed by atoms with Gasteiger partial charge in [-0.3, -0.25) is 0 Å². The molecule has 0 aliphatic heterocycles. The molecule has 0 saturated carbocycles. The first-order valence-corrected chi connectivity index (χ1v) is 8.34. The molecule has 0 amide bonds. The summed E-state index contributed by atoms with van der Waals surface area (Å²) in [5.41, 5.74) is -0.658. The van der Waals surface area contributed by atoms with Gasteiger partial charge in [0.25, 0.3) is 0 Å². The minimum atomic E-state index is -3.03.